The van der Waals surface area contributed by atoms with Crippen LogP contribution in [0.15, 0.2) is 48.5 Å². The molecule has 1 heterocycles. The molecule has 2 aromatic rings. The zero-order chi connectivity index (χ0) is 21.3. The van der Waals surface area contributed by atoms with E-state index >= 15 is 0 Å². The van der Waals surface area contributed by atoms with E-state index in [1.807, 2.05) is 24.3 Å². The summed E-state index contributed by atoms with van der Waals surface area (Å²) in [6.07, 6.45) is 2.51. The number of nitrogens with one attached hydrogen (secondary N) is 2. The highest BCUT2D eigenvalue weighted by Crippen LogP contribution is 2.22. The fourth-order valence-corrected chi connectivity index (χ4v) is 3.78. The van der Waals surface area contributed by atoms with Crippen molar-refractivity contribution in [3.05, 3.63) is 59.9 Å². The van der Waals surface area contributed by atoms with Crippen LogP contribution in [-0.4, -0.2) is 35.8 Å². The summed E-state index contributed by atoms with van der Waals surface area (Å²) < 4.78 is 12.9. The molecule has 2 N–H and O–H groups in total. The van der Waals surface area contributed by atoms with Crippen molar-refractivity contribution in [3.8, 4) is 0 Å². The van der Waals surface area contributed by atoms with Crippen molar-refractivity contribution in [1.82, 2.24) is 5.32 Å². The topological polar surface area (TPSA) is 78.5 Å². The van der Waals surface area contributed by atoms with E-state index in [0.717, 1.165) is 30.6 Å². The van der Waals surface area contributed by atoms with Crippen LogP contribution in [0.3, 0.4) is 0 Å². The first kappa shape index (κ1) is 21.8. The molecule has 3 amide bonds. The first-order chi connectivity index (χ1) is 14.5. The molecule has 0 atom stereocenters. The summed E-state index contributed by atoms with van der Waals surface area (Å²) in [6.45, 7) is 1.09. The molecule has 2 aromatic carbocycles. The lowest BCUT2D eigenvalue weighted by Crippen LogP contribution is -2.35. The van der Waals surface area contributed by atoms with Crippen LogP contribution < -0.4 is 15.5 Å². The van der Waals surface area contributed by atoms with Gasteiger partial charge in [-0.3, -0.25) is 14.4 Å². The highest BCUT2D eigenvalue weighted by Gasteiger charge is 2.19. The summed E-state index contributed by atoms with van der Waals surface area (Å²) in [6, 6.07) is 13.1. The molecule has 0 radical (unpaired) electrons. The van der Waals surface area contributed by atoms with Crippen LogP contribution in [0.5, 0.6) is 0 Å². The van der Waals surface area contributed by atoms with Crippen LogP contribution in [0, 0.1) is 5.82 Å². The van der Waals surface area contributed by atoms with Crippen molar-refractivity contribution >= 4 is 40.9 Å². The van der Waals surface area contributed by atoms with Crippen LogP contribution in [0.4, 0.5) is 15.8 Å². The van der Waals surface area contributed by atoms with Gasteiger partial charge in [-0.1, -0.05) is 12.1 Å². The minimum atomic E-state index is -0.368. The number of thioether (sulfide) groups is 1. The lowest BCUT2D eigenvalue weighted by Gasteiger charge is -2.27. The summed E-state index contributed by atoms with van der Waals surface area (Å²) in [5, 5.41) is 5.48. The first-order valence-electron chi connectivity index (χ1n) is 9.80. The molecule has 1 saturated heterocycles. The molecule has 1 fully saturated rings. The van der Waals surface area contributed by atoms with Crippen molar-refractivity contribution < 1.29 is 18.8 Å². The van der Waals surface area contributed by atoms with Crippen molar-refractivity contribution in [2.45, 2.75) is 25.8 Å². The van der Waals surface area contributed by atoms with E-state index in [4.69, 9.17) is 0 Å². The minimum absolute atomic E-state index is 0.122. The Labute approximate surface area is 179 Å². The molecule has 0 unspecified atom stereocenters. The number of nitrogens with zero attached hydrogens (tertiary/aromatic N) is 1. The molecule has 0 spiro atoms. The largest absolute Gasteiger partial charge is 0.351 e. The average Bonchev–Trinajstić information content (AvgIpc) is 2.74. The number of rotatable bonds is 8. The van der Waals surface area contributed by atoms with Gasteiger partial charge in [-0.15, -0.1) is 11.8 Å². The molecule has 0 bridgehead atoms. The predicted molar refractivity (Wildman–Crippen MR) is 117 cm³/mol. The molecule has 0 saturated carbocycles. The highest BCUT2D eigenvalue weighted by molar-refractivity contribution is 8.00. The van der Waals surface area contributed by atoms with Crippen molar-refractivity contribution in [1.29, 1.82) is 0 Å². The number of hydrogen-bond donors (Lipinski definition) is 2. The summed E-state index contributed by atoms with van der Waals surface area (Å²) in [5.74, 6) is -0.379. The first-order valence-corrected chi connectivity index (χ1v) is 11.0. The summed E-state index contributed by atoms with van der Waals surface area (Å²) in [7, 11) is 0. The van der Waals surface area contributed by atoms with Crippen molar-refractivity contribution in [2.24, 2.45) is 0 Å². The Balaban J connectivity index is 1.39. The summed E-state index contributed by atoms with van der Waals surface area (Å²) in [4.78, 5) is 37.8. The molecular formula is C22H24FN3O3S. The molecule has 0 aromatic heterocycles. The van der Waals surface area contributed by atoms with Gasteiger partial charge in [0.2, 0.25) is 17.7 Å². The third-order valence-corrected chi connectivity index (χ3v) is 5.56. The Kier molecular flexibility index (Phi) is 7.84. The molecule has 30 heavy (non-hydrogen) atoms. The zero-order valence-electron chi connectivity index (χ0n) is 16.5. The monoisotopic (exact) mass is 429 g/mol. The molecule has 0 aliphatic carbocycles. The number of carbonyl (C=O) groups is 3. The molecule has 158 valence electrons. The van der Waals surface area contributed by atoms with Gasteiger partial charge in [0.15, 0.2) is 0 Å². The lowest BCUT2D eigenvalue weighted by molar-refractivity contribution is -0.120. The van der Waals surface area contributed by atoms with Gasteiger partial charge in [0, 0.05) is 30.9 Å². The molecule has 1 aliphatic heterocycles. The Morgan fingerprint density at radius 3 is 2.57 bits per heavy atom. The normalized spacial score (nSPS) is 13.8. The number of carbonyl (C=O) groups excluding carboxylic acids is 3. The predicted octanol–water partition coefficient (Wildman–Crippen LogP) is 3.33. The number of halogens is 1. The average molecular weight is 430 g/mol. The number of amides is 3. The molecule has 6 nitrogen and oxygen atoms in total. The summed E-state index contributed by atoms with van der Waals surface area (Å²) >= 11 is 1.20. The summed E-state index contributed by atoms with van der Waals surface area (Å²) in [5.41, 5.74) is 2.29. The van der Waals surface area contributed by atoms with Crippen LogP contribution in [0.1, 0.15) is 24.8 Å². The van der Waals surface area contributed by atoms with Crippen LogP contribution in [-0.2, 0) is 20.9 Å². The fraction of sp³-hybridized carbons (Fsp3) is 0.318. The highest BCUT2D eigenvalue weighted by atomic mass is 32.2. The van der Waals surface area contributed by atoms with E-state index in [1.54, 1.807) is 4.90 Å². The SMILES string of the molecule is O=C(CSCC(=O)Nc1ccc(F)cc1)NCc1cccc(N2CCCCC2=O)c1. The molecule has 1 aliphatic rings. The Morgan fingerprint density at radius 1 is 1.03 bits per heavy atom. The quantitative estimate of drug-likeness (QED) is 0.675. The van der Waals surface area contributed by atoms with E-state index in [1.165, 1.54) is 36.0 Å². The van der Waals surface area contributed by atoms with E-state index in [-0.39, 0.29) is 35.0 Å². The number of anilines is 2. The molecular weight excluding hydrogens is 405 g/mol. The second-order valence-corrected chi connectivity index (χ2v) is 7.98. The zero-order valence-corrected chi connectivity index (χ0v) is 17.3. The number of hydrogen-bond acceptors (Lipinski definition) is 4. The van der Waals surface area contributed by atoms with E-state index in [0.29, 0.717) is 18.7 Å². The van der Waals surface area contributed by atoms with Crippen molar-refractivity contribution in [3.63, 3.8) is 0 Å². The van der Waals surface area contributed by atoms with Gasteiger partial charge in [0.25, 0.3) is 0 Å². The maximum atomic E-state index is 12.9. The van der Waals surface area contributed by atoms with Gasteiger partial charge < -0.3 is 15.5 Å². The third-order valence-electron chi connectivity index (χ3n) is 4.63. The van der Waals surface area contributed by atoms with Crippen LogP contribution in [0.25, 0.3) is 0 Å². The molecule has 3 rings (SSSR count). The standard InChI is InChI=1S/C22H24FN3O3S/c23-17-7-9-18(10-8-17)25-21(28)15-30-14-20(27)24-13-16-4-3-5-19(12-16)26-11-2-1-6-22(26)29/h3-5,7-10,12H,1-2,6,11,13-15H2,(H,24,27)(H,25,28). The Morgan fingerprint density at radius 2 is 1.80 bits per heavy atom. The Hall–Kier alpha value is -2.87. The second-order valence-electron chi connectivity index (χ2n) is 7.00. The number of benzene rings is 2. The van der Waals surface area contributed by atoms with Crippen molar-refractivity contribution in [2.75, 3.05) is 28.3 Å². The maximum absolute atomic E-state index is 12.9. The van der Waals surface area contributed by atoms with Gasteiger partial charge in [0.1, 0.15) is 5.82 Å². The minimum Gasteiger partial charge on any atom is -0.351 e. The van der Waals surface area contributed by atoms with E-state index in [2.05, 4.69) is 10.6 Å². The fourth-order valence-electron chi connectivity index (χ4n) is 3.13. The second kappa shape index (κ2) is 10.8. The van der Waals surface area contributed by atoms with Gasteiger partial charge in [-0.25, -0.2) is 4.39 Å². The maximum Gasteiger partial charge on any atom is 0.234 e. The van der Waals surface area contributed by atoms with Gasteiger partial charge in [-0.05, 0) is 54.8 Å². The van der Waals surface area contributed by atoms with E-state index < -0.39 is 0 Å². The third kappa shape index (κ3) is 6.59. The lowest BCUT2D eigenvalue weighted by atomic mass is 10.1. The van der Waals surface area contributed by atoms with Crippen LogP contribution in [0.2, 0.25) is 0 Å². The van der Waals surface area contributed by atoms with Gasteiger partial charge in [0.05, 0.1) is 11.5 Å². The van der Waals surface area contributed by atoms with Crippen LogP contribution >= 0.6 is 11.8 Å². The van der Waals surface area contributed by atoms with E-state index in [9.17, 15) is 18.8 Å². The van der Waals surface area contributed by atoms with Gasteiger partial charge in [-0.2, -0.15) is 0 Å². The Bertz CT molecular complexity index is 905. The number of piperidine rings is 1. The molecule has 8 heteroatoms. The smallest absolute Gasteiger partial charge is 0.234 e. The van der Waals surface area contributed by atoms with Gasteiger partial charge >= 0.3 is 0 Å².